The van der Waals surface area contributed by atoms with Gasteiger partial charge in [0.1, 0.15) is 5.01 Å². The minimum atomic E-state index is -4.42. The van der Waals surface area contributed by atoms with Gasteiger partial charge in [0.05, 0.1) is 26.3 Å². The van der Waals surface area contributed by atoms with Gasteiger partial charge in [-0.05, 0) is 18.1 Å². The average Bonchev–Trinajstić information content (AvgIpc) is 3.22. The van der Waals surface area contributed by atoms with E-state index in [0.717, 1.165) is 55.1 Å². The molecule has 0 unspecified atom stereocenters. The number of benzene rings is 1. The Morgan fingerprint density at radius 1 is 1.16 bits per heavy atom. The van der Waals surface area contributed by atoms with E-state index in [-0.39, 0.29) is 30.5 Å². The first-order valence-corrected chi connectivity index (χ1v) is 10.7. The highest BCUT2D eigenvalue weighted by atomic mass is 127. The van der Waals surface area contributed by atoms with Gasteiger partial charge in [-0.3, -0.25) is 4.90 Å². The fourth-order valence-electron chi connectivity index (χ4n) is 2.96. The molecule has 2 heterocycles. The summed E-state index contributed by atoms with van der Waals surface area (Å²) in [5, 5.41) is 7.53. The summed E-state index contributed by atoms with van der Waals surface area (Å²) < 4.78 is 43.4. The maximum Gasteiger partial charge on any atom is 0.434 e. The van der Waals surface area contributed by atoms with Crippen molar-refractivity contribution in [1.29, 1.82) is 0 Å². The Balaban J connectivity index is 0.00000341. The lowest BCUT2D eigenvalue weighted by Crippen LogP contribution is -2.36. The number of aromatic nitrogens is 1. The number of nitrogens with one attached hydrogen (secondary N) is 2. The smallest absolute Gasteiger partial charge is 0.379 e. The summed E-state index contributed by atoms with van der Waals surface area (Å²) in [4.78, 5) is 10.5. The van der Waals surface area contributed by atoms with Crippen LogP contribution in [0.4, 0.5) is 13.2 Å². The average molecular weight is 569 g/mol. The summed E-state index contributed by atoms with van der Waals surface area (Å²) in [5.41, 5.74) is 1.45. The van der Waals surface area contributed by atoms with Gasteiger partial charge < -0.3 is 15.4 Å². The Bertz CT molecular complexity index is 823. The van der Waals surface area contributed by atoms with Crippen molar-refractivity contribution >= 4 is 41.3 Å². The Hall–Kier alpha value is -1.44. The summed E-state index contributed by atoms with van der Waals surface area (Å²) >= 11 is 0.979. The summed E-state index contributed by atoms with van der Waals surface area (Å²) in [5.74, 6) is 0.540. The molecule has 31 heavy (non-hydrogen) atoms. The van der Waals surface area contributed by atoms with E-state index in [2.05, 4.69) is 49.8 Å². The van der Waals surface area contributed by atoms with E-state index in [1.165, 1.54) is 5.56 Å². The van der Waals surface area contributed by atoms with Crippen LogP contribution in [0.3, 0.4) is 0 Å². The third-order valence-corrected chi connectivity index (χ3v) is 5.39. The quantitative estimate of drug-likeness (QED) is 0.302. The molecule has 1 saturated heterocycles. The molecule has 0 saturated carbocycles. The highest BCUT2D eigenvalue weighted by Crippen LogP contribution is 2.29. The summed E-state index contributed by atoms with van der Waals surface area (Å²) in [6, 6.07) is 8.32. The first kappa shape index (κ1) is 25.8. The van der Waals surface area contributed by atoms with E-state index >= 15 is 0 Å². The van der Waals surface area contributed by atoms with Gasteiger partial charge in [-0.1, -0.05) is 24.3 Å². The Kier molecular flexibility index (Phi) is 10.5. The lowest BCUT2D eigenvalue weighted by atomic mass is 10.1. The number of rotatable bonds is 7. The van der Waals surface area contributed by atoms with Gasteiger partial charge in [-0.2, -0.15) is 13.2 Å². The molecule has 11 heteroatoms. The Morgan fingerprint density at radius 2 is 1.84 bits per heavy atom. The molecular weight excluding hydrogens is 542 g/mol. The molecule has 2 aromatic rings. The van der Waals surface area contributed by atoms with E-state index in [4.69, 9.17) is 4.74 Å². The van der Waals surface area contributed by atoms with Crippen LogP contribution in [0.15, 0.2) is 34.6 Å². The van der Waals surface area contributed by atoms with Gasteiger partial charge in [0.2, 0.25) is 0 Å². The number of halogens is 4. The molecule has 1 fully saturated rings. The fourth-order valence-corrected chi connectivity index (χ4v) is 3.70. The van der Waals surface area contributed by atoms with E-state index < -0.39 is 11.9 Å². The molecule has 172 valence electrons. The van der Waals surface area contributed by atoms with Gasteiger partial charge in [0, 0.05) is 31.6 Å². The molecule has 0 aliphatic carbocycles. The number of guanidine groups is 1. The number of nitrogens with zero attached hydrogens (tertiary/aromatic N) is 3. The van der Waals surface area contributed by atoms with Crippen LogP contribution in [0.25, 0.3) is 0 Å². The van der Waals surface area contributed by atoms with Gasteiger partial charge in [-0.15, -0.1) is 35.3 Å². The van der Waals surface area contributed by atoms with Crippen LogP contribution in [0.2, 0.25) is 0 Å². The normalized spacial score (nSPS) is 15.4. The molecule has 1 aromatic carbocycles. The molecule has 2 N–H and O–H groups in total. The maximum absolute atomic E-state index is 12.7. The molecule has 0 spiro atoms. The number of ether oxygens (including phenoxy) is 1. The number of thiazole rings is 1. The topological polar surface area (TPSA) is 61.8 Å². The number of hydrogen-bond acceptors (Lipinski definition) is 5. The largest absolute Gasteiger partial charge is 0.434 e. The zero-order valence-corrected chi connectivity index (χ0v) is 20.4. The van der Waals surface area contributed by atoms with Crippen LogP contribution >= 0.6 is 35.3 Å². The molecule has 3 rings (SSSR count). The number of hydrogen-bond donors (Lipinski definition) is 2. The van der Waals surface area contributed by atoms with Crippen LogP contribution in [-0.4, -0.2) is 48.7 Å². The third kappa shape index (κ3) is 8.54. The SMILES string of the molecule is CCNC(=NCc1ccc(CN2CCOCC2)cc1)NCc1nc(C(F)(F)F)cs1.I. The van der Waals surface area contributed by atoms with Crippen LogP contribution in [0.1, 0.15) is 28.8 Å². The van der Waals surface area contributed by atoms with Crippen molar-refractivity contribution in [2.45, 2.75) is 32.7 Å². The first-order chi connectivity index (χ1) is 14.4. The van der Waals surface area contributed by atoms with Crippen LogP contribution in [-0.2, 0) is 30.5 Å². The summed E-state index contributed by atoms with van der Waals surface area (Å²) in [6.45, 7) is 7.62. The van der Waals surface area contributed by atoms with E-state index in [0.29, 0.717) is 24.1 Å². The predicted octanol–water partition coefficient (Wildman–Crippen LogP) is 3.87. The number of morpholine rings is 1. The summed E-state index contributed by atoms with van der Waals surface area (Å²) in [6.07, 6.45) is -4.42. The molecule has 1 aromatic heterocycles. The highest BCUT2D eigenvalue weighted by molar-refractivity contribution is 14.0. The van der Waals surface area contributed by atoms with Crippen molar-refractivity contribution in [3.8, 4) is 0 Å². The van der Waals surface area contributed by atoms with Gasteiger partial charge >= 0.3 is 6.18 Å². The van der Waals surface area contributed by atoms with Crippen molar-refractivity contribution in [2.24, 2.45) is 4.99 Å². The lowest BCUT2D eigenvalue weighted by molar-refractivity contribution is -0.140. The molecule has 0 radical (unpaired) electrons. The van der Waals surface area contributed by atoms with E-state index in [1.54, 1.807) is 0 Å². The van der Waals surface area contributed by atoms with Crippen LogP contribution < -0.4 is 10.6 Å². The predicted molar refractivity (Wildman–Crippen MR) is 127 cm³/mol. The van der Waals surface area contributed by atoms with Gasteiger partial charge in [0.25, 0.3) is 0 Å². The Labute approximate surface area is 201 Å². The minimum Gasteiger partial charge on any atom is -0.379 e. The van der Waals surface area contributed by atoms with Gasteiger partial charge in [0.15, 0.2) is 11.7 Å². The second-order valence-electron chi connectivity index (χ2n) is 6.88. The molecule has 6 nitrogen and oxygen atoms in total. The van der Waals surface area contributed by atoms with Crippen LogP contribution in [0.5, 0.6) is 0 Å². The van der Waals surface area contributed by atoms with Gasteiger partial charge in [-0.25, -0.2) is 9.98 Å². The number of aliphatic imine (C=N–C) groups is 1. The zero-order valence-electron chi connectivity index (χ0n) is 17.2. The third-order valence-electron chi connectivity index (χ3n) is 4.55. The first-order valence-electron chi connectivity index (χ1n) is 9.85. The summed E-state index contributed by atoms with van der Waals surface area (Å²) in [7, 11) is 0. The van der Waals surface area contributed by atoms with Crippen LogP contribution in [0, 0.1) is 0 Å². The second kappa shape index (κ2) is 12.6. The van der Waals surface area contributed by atoms with E-state index in [1.807, 2.05) is 6.92 Å². The molecule has 0 bridgehead atoms. The lowest BCUT2D eigenvalue weighted by Gasteiger charge is -2.26. The molecular formula is C20H27F3IN5OS. The standard InChI is InChI=1S/C20H26F3N5OS.HI/c1-2-24-19(26-12-18-27-17(14-30-18)20(21,22)23)25-11-15-3-5-16(6-4-15)13-28-7-9-29-10-8-28;/h3-6,14H,2,7-13H2,1H3,(H2,24,25,26);1H. The monoisotopic (exact) mass is 569 g/mol. The zero-order chi connectivity index (χ0) is 21.4. The molecule has 1 aliphatic rings. The molecule has 1 aliphatic heterocycles. The highest BCUT2D eigenvalue weighted by Gasteiger charge is 2.33. The van der Waals surface area contributed by atoms with Crippen molar-refractivity contribution in [3.05, 3.63) is 51.5 Å². The Morgan fingerprint density at radius 3 is 2.45 bits per heavy atom. The molecule has 0 atom stereocenters. The van der Waals surface area contributed by atoms with Crippen molar-refractivity contribution < 1.29 is 17.9 Å². The fraction of sp³-hybridized carbons (Fsp3) is 0.500. The minimum absolute atomic E-state index is 0. The molecule has 0 amide bonds. The number of alkyl halides is 3. The van der Waals surface area contributed by atoms with Crippen molar-refractivity contribution in [3.63, 3.8) is 0 Å². The maximum atomic E-state index is 12.7. The van der Waals surface area contributed by atoms with Crippen molar-refractivity contribution in [2.75, 3.05) is 32.8 Å². The van der Waals surface area contributed by atoms with E-state index in [9.17, 15) is 13.2 Å². The van der Waals surface area contributed by atoms with Crippen molar-refractivity contribution in [1.82, 2.24) is 20.5 Å². The second-order valence-corrected chi connectivity index (χ2v) is 7.82.